The van der Waals surface area contributed by atoms with Crippen molar-refractivity contribution in [2.24, 2.45) is 0 Å². The number of amides is 1. The number of carbonyl (C=O) groups excluding carboxylic acids is 1. The zero-order valence-corrected chi connectivity index (χ0v) is 18.2. The summed E-state index contributed by atoms with van der Waals surface area (Å²) >= 11 is 12.2. The molecular weight excluding hydrogens is 429 g/mol. The minimum Gasteiger partial charge on any atom is -0.497 e. The van der Waals surface area contributed by atoms with Crippen LogP contribution in [0.4, 0.5) is 0 Å². The minimum atomic E-state index is -0.332. The van der Waals surface area contributed by atoms with Crippen molar-refractivity contribution in [1.82, 2.24) is 15.1 Å². The molecule has 0 aliphatic rings. The van der Waals surface area contributed by atoms with Gasteiger partial charge in [-0.25, -0.2) is 4.68 Å². The molecule has 30 heavy (non-hydrogen) atoms. The highest BCUT2D eigenvalue weighted by atomic mass is 35.5. The summed E-state index contributed by atoms with van der Waals surface area (Å²) < 4.78 is 17.8. The number of ether oxygens (including phenoxy) is 3. The third-order valence-electron chi connectivity index (χ3n) is 4.38. The Labute approximate surface area is 184 Å². The van der Waals surface area contributed by atoms with Crippen LogP contribution in [0.3, 0.4) is 0 Å². The van der Waals surface area contributed by atoms with Crippen LogP contribution in [0.15, 0.2) is 48.7 Å². The van der Waals surface area contributed by atoms with Gasteiger partial charge in [0, 0.05) is 11.8 Å². The van der Waals surface area contributed by atoms with Crippen molar-refractivity contribution in [3.63, 3.8) is 0 Å². The summed E-state index contributed by atoms with van der Waals surface area (Å²) in [4.78, 5) is 12.6. The number of carbonyl (C=O) groups is 1. The molecule has 0 radical (unpaired) electrons. The van der Waals surface area contributed by atoms with Gasteiger partial charge in [0.2, 0.25) is 0 Å². The Morgan fingerprint density at radius 1 is 1.13 bits per heavy atom. The van der Waals surface area contributed by atoms with E-state index in [4.69, 9.17) is 37.4 Å². The topological polar surface area (TPSA) is 74.6 Å². The average Bonchev–Trinajstić information content (AvgIpc) is 3.22. The van der Waals surface area contributed by atoms with Crippen molar-refractivity contribution in [2.75, 3.05) is 14.2 Å². The Morgan fingerprint density at radius 3 is 2.53 bits per heavy atom. The fourth-order valence-electron chi connectivity index (χ4n) is 2.83. The molecule has 0 fully saturated rings. The molecule has 1 amide bonds. The summed E-state index contributed by atoms with van der Waals surface area (Å²) in [5.74, 6) is 1.36. The van der Waals surface area contributed by atoms with Crippen LogP contribution in [-0.4, -0.2) is 29.9 Å². The number of hydrogen-bond acceptors (Lipinski definition) is 5. The predicted octanol–water partition coefficient (Wildman–Crippen LogP) is 4.73. The number of hydrogen-bond donors (Lipinski definition) is 1. The Bertz CT molecular complexity index is 1020. The van der Waals surface area contributed by atoms with Crippen LogP contribution in [0.1, 0.15) is 29.0 Å². The molecule has 1 heterocycles. The smallest absolute Gasteiger partial charge is 0.272 e. The lowest BCUT2D eigenvalue weighted by molar-refractivity contribution is 0.0932. The standard InChI is InChI=1S/C21H21Cl2N3O4/c1-13(15-11-14(28-2)7-8-19(15)29-3)24-21(27)18-9-10-26(25-18)12-30-20-16(22)5-4-6-17(20)23/h4-11,13H,12H2,1-3H3,(H,24,27). The molecule has 3 rings (SSSR count). The lowest BCUT2D eigenvalue weighted by Crippen LogP contribution is -2.27. The molecule has 1 N–H and O–H groups in total. The number of aromatic nitrogens is 2. The fraction of sp³-hybridized carbons (Fsp3) is 0.238. The number of methoxy groups -OCH3 is 2. The summed E-state index contributed by atoms with van der Waals surface area (Å²) in [6.45, 7) is 1.91. The SMILES string of the molecule is COc1ccc(OC)c(C(C)NC(=O)c2ccn(COc3c(Cl)cccc3Cl)n2)c1. The summed E-state index contributed by atoms with van der Waals surface area (Å²) in [6.07, 6.45) is 1.64. The van der Waals surface area contributed by atoms with Gasteiger partial charge in [0.15, 0.2) is 12.5 Å². The molecule has 0 saturated heterocycles. The van der Waals surface area contributed by atoms with E-state index in [0.717, 1.165) is 5.56 Å². The van der Waals surface area contributed by atoms with Crippen LogP contribution >= 0.6 is 23.2 Å². The molecular formula is C21H21Cl2N3O4. The maximum atomic E-state index is 12.6. The highest BCUT2D eigenvalue weighted by Crippen LogP contribution is 2.32. The van der Waals surface area contributed by atoms with E-state index < -0.39 is 0 Å². The van der Waals surface area contributed by atoms with Gasteiger partial charge in [-0.2, -0.15) is 5.10 Å². The average molecular weight is 450 g/mol. The van der Waals surface area contributed by atoms with Crippen LogP contribution < -0.4 is 19.5 Å². The van der Waals surface area contributed by atoms with Gasteiger partial charge >= 0.3 is 0 Å². The number of rotatable bonds is 8. The largest absolute Gasteiger partial charge is 0.497 e. The van der Waals surface area contributed by atoms with Gasteiger partial charge in [0.05, 0.1) is 30.3 Å². The van der Waals surface area contributed by atoms with E-state index in [-0.39, 0.29) is 24.4 Å². The molecule has 158 valence electrons. The van der Waals surface area contributed by atoms with E-state index >= 15 is 0 Å². The maximum absolute atomic E-state index is 12.6. The van der Waals surface area contributed by atoms with Crippen molar-refractivity contribution < 1.29 is 19.0 Å². The second-order valence-corrected chi connectivity index (χ2v) is 7.18. The van der Waals surface area contributed by atoms with Crippen LogP contribution in [0.5, 0.6) is 17.2 Å². The molecule has 1 aromatic heterocycles. The van der Waals surface area contributed by atoms with Gasteiger partial charge in [0.25, 0.3) is 5.91 Å². The number of para-hydroxylation sites is 1. The number of nitrogens with one attached hydrogen (secondary N) is 1. The first-order valence-electron chi connectivity index (χ1n) is 9.06. The summed E-state index contributed by atoms with van der Waals surface area (Å²) in [5, 5.41) is 7.95. The molecule has 7 nitrogen and oxygen atoms in total. The maximum Gasteiger partial charge on any atom is 0.272 e. The van der Waals surface area contributed by atoms with Crippen LogP contribution in [0, 0.1) is 0 Å². The third-order valence-corrected chi connectivity index (χ3v) is 4.98. The molecule has 0 bridgehead atoms. The zero-order chi connectivity index (χ0) is 21.7. The number of benzene rings is 2. The fourth-order valence-corrected chi connectivity index (χ4v) is 3.34. The van der Waals surface area contributed by atoms with E-state index in [1.165, 1.54) is 4.68 Å². The van der Waals surface area contributed by atoms with Gasteiger partial charge < -0.3 is 19.5 Å². The summed E-state index contributed by atoms with van der Waals surface area (Å²) in [6, 6.07) is 11.8. The van der Waals surface area contributed by atoms with E-state index in [0.29, 0.717) is 27.3 Å². The van der Waals surface area contributed by atoms with Crippen LogP contribution in [-0.2, 0) is 6.73 Å². The first-order valence-corrected chi connectivity index (χ1v) is 9.81. The molecule has 3 aromatic rings. The van der Waals surface area contributed by atoms with Gasteiger partial charge in [0.1, 0.15) is 17.2 Å². The van der Waals surface area contributed by atoms with E-state index in [2.05, 4.69) is 10.4 Å². The lowest BCUT2D eigenvalue weighted by Gasteiger charge is -2.17. The van der Waals surface area contributed by atoms with Crippen molar-refractivity contribution in [1.29, 1.82) is 0 Å². The van der Waals surface area contributed by atoms with Crippen molar-refractivity contribution in [2.45, 2.75) is 19.7 Å². The van der Waals surface area contributed by atoms with Gasteiger partial charge in [-0.05, 0) is 43.3 Å². The van der Waals surface area contributed by atoms with Crippen molar-refractivity contribution >= 4 is 29.1 Å². The third kappa shape index (κ3) is 4.98. The highest BCUT2D eigenvalue weighted by Gasteiger charge is 2.18. The lowest BCUT2D eigenvalue weighted by atomic mass is 10.1. The second kappa shape index (κ2) is 9.73. The molecule has 0 saturated carbocycles. The molecule has 2 aromatic carbocycles. The molecule has 0 spiro atoms. The van der Waals surface area contributed by atoms with Crippen LogP contribution in [0.25, 0.3) is 0 Å². The van der Waals surface area contributed by atoms with E-state index in [9.17, 15) is 4.79 Å². The zero-order valence-electron chi connectivity index (χ0n) is 16.7. The molecule has 1 atom stereocenters. The first-order chi connectivity index (χ1) is 14.4. The first kappa shape index (κ1) is 21.8. The second-order valence-electron chi connectivity index (χ2n) is 6.37. The molecule has 0 aliphatic heterocycles. The number of nitrogens with zero attached hydrogens (tertiary/aromatic N) is 2. The predicted molar refractivity (Wildman–Crippen MR) is 115 cm³/mol. The Morgan fingerprint density at radius 2 is 1.87 bits per heavy atom. The normalized spacial score (nSPS) is 11.6. The van der Waals surface area contributed by atoms with Crippen molar-refractivity contribution in [3.05, 3.63) is 70.0 Å². The van der Waals surface area contributed by atoms with Gasteiger partial charge in [-0.1, -0.05) is 29.3 Å². The number of halogens is 2. The molecule has 1 unspecified atom stereocenters. The monoisotopic (exact) mass is 449 g/mol. The van der Waals surface area contributed by atoms with Gasteiger partial charge in [-0.15, -0.1) is 0 Å². The van der Waals surface area contributed by atoms with Gasteiger partial charge in [-0.3, -0.25) is 4.79 Å². The Hall–Kier alpha value is -2.90. The summed E-state index contributed by atoms with van der Waals surface area (Å²) in [5.41, 5.74) is 1.04. The Balaban J connectivity index is 1.66. The highest BCUT2D eigenvalue weighted by molar-refractivity contribution is 6.37. The quantitative estimate of drug-likeness (QED) is 0.537. The van der Waals surface area contributed by atoms with E-state index in [1.807, 2.05) is 13.0 Å². The summed E-state index contributed by atoms with van der Waals surface area (Å²) in [7, 11) is 3.16. The molecule has 0 aliphatic carbocycles. The van der Waals surface area contributed by atoms with E-state index in [1.54, 1.807) is 56.8 Å². The van der Waals surface area contributed by atoms with Crippen LogP contribution in [0.2, 0.25) is 10.0 Å². The van der Waals surface area contributed by atoms with Crippen molar-refractivity contribution in [3.8, 4) is 17.2 Å². The molecule has 9 heteroatoms. The Kier molecular flexibility index (Phi) is 7.07. The minimum absolute atomic E-state index is 0.0516.